The van der Waals surface area contributed by atoms with E-state index in [1.165, 1.54) is 6.07 Å². The van der Waals surface area contributed by atoms with Crippen molar-refractivity contribution in [3.63, 3.8) is 0 Å². The summed E-state index contributed by atoms with van der Waals surface area (Å²) in [5.74, 6) is 1.08. The van der Waals surface area contributed by atoms with Gasteiger partial charge in [0.25, 0.3) is 0 Å². The summed E-state index contributed by atoms with van der Waals surface area (Å²) in [6.45, 7) is 5.37. The van der Waals surface area contributed by atoms with Crippen molar-refractivity contribution in [2.75, 3.05) is 13.7 Å². The molecule has 0 aliphatic heterocycles. The van der Waals surface area contributed by atoms with Crippen molar-refractivity contribution >= 4 is 29.9 Å². The molecule has 2 aromatic carbocycles. The van der Waals surface area contributed by atoms with Gasteiger partial charge < -0.3 is 20.5 Å². The van der Waals surface area contributed by atoms with Gasteiger partial charge in [-0.3, -0.25) is 0 Å². The molecule has 0 fully saturated rings. The number of aliphatic hydroxyl groups is 1. The number of ether oxygens (including phenoxy) is 1. The minimum absolute atomic E-state index is 0. The van der Waals surface area contributed by atoms with Crippen LogP contribution < -0.4 is 15.4 Å². The summed E-state index contributed by atoms with van der Waals surface area (Å²) in [6, 6.07) is 10.7. The first kappa shape index (κ1) is 23.2. The van der Waals surface area contributed by atoms with Crippen LogP contribution in [0, 0.1) is 12.7 Å². The van der Waals surface area contributed by atoms with Crippen LogP contribution in [0.1, 0.15) is 29.2 Å². The number of aliphatic imine (C=N–C) groups is 1. The monoisotopic (exact) mass is 487 g/mol. The first-order valence-corrected chi connectivity index (χ1v) is 8.61. The Bertz CT molecular complexity index is 769. The molecule has 148 valence electrons. The molecule has 0 aromatic heterocycles. The van der Waals surface area contributed by atoms with Gasteiger partial charge in [-0.15, -0.1) is 24.0 Å². The van der Waals surface area contributed by atoms with Crippen LogP contribution in [-0.4, -0.2) is 24.7 Å². The van der Waals surface area contributed by atoms with E-state index in [0.29, 0.717) is 19.0 Å². The van der Waals surface area contributed by atoms with E-state index in [9.17, 15) is 9.50 Å². The van der Waals surface area contributed by atoms with Gasteiger partial charge >= 0.3 is 0 Å². The fraction of sp³-hybridized carbons (Fsp3) is 0.350. The number of rotatable bonds is 7. The number of guanidine groups is 1. The van der Waals surface area contributed by atoms with Crippen LogP contribution in [0.3, 0.4) is 0 Å². The molecule has 0 radical (unpaired) electrons. The molecule has 5 nitrogen and oxygen atoms in total. The first-order chi connectivity index (χ1) is 12.6. The Morgan fingerprint density at radius 2 is 1.93 bits per heavy atom. The molecule has 0 aliphatic rings. The molecule has 0 saturated carbocycles. The number of hydrogen-bond donors (Lipinski definition) is 3. The van der Waals surface area contributed by atoms with Gasteiger partial charge in [-0.2, -0.15) is 0 Å². The second kappa shape index (κ2) is 11.8. The summed E-state index contributed by atoms with van der Waals surface area (Å²) in [6.07, 6.45) is 0. The number of aryl methyl sites for hydroxylation is 1. The Kier molecular flexibility index (Phi) is 10.1. The summed E-state index contributed by atoms with van der Waals surface area (Å²) in [4.78, 5) is 4.53. The number of nitrogens with one attached hydrogen (secondary N) is 2. The summed E-state index contributed by atoms with van der Waals surface area (Å²) >= 11 is 0. The largest absolute Gasteiger partial charge is 0.496 e. The molecule has 0 amide bonds. The molecule has 27 heavy (non-hydrogen) atoms. The Balaban J connectivity index is 0.00000364. The zero-order valence-corrected chi connectivity index (χ0v) is 18.2. The van der Waals surface area contributed by atoms with E-state index in [4.69, 9.17) is 4.74 Å². The zero-order chi connectivity index (χ0) is 18.9. The van der Waals surface area contributed by atoms with E-state index < -0.39 is 5.82 Å². The van der Waals surface area contributed by atoms with Crippen molar-refractivity contribution in [2.45, 2.75) is 33.5 Å². The van der Waals surface area contributed by atoms with E-state index in [1.807, 2.05) is 32.0 Å². The summed E-state index contributed by atoms with van der Waals surface area (Å²) in [5.41, 5.74) is 3.29. The predicted molar refractivity (Wildman–Crippen MR) is 117 cm³/mol. The van der Waals surface area contributed by atoms with Crippen molar-refractivity contribution in [2.24, 2.45) is 4.99 Å². The van der Waals surface area contributed by atoms with Gasteiger partial charge in [-0.1, -0.05) is 18.2 Å². The third-order valence-electron chi connectivity index (χ3n) is 3.93. The Morgan fingerprint density at radius 1 is 1.15 bits per heavy atom. The lowest BCUT2D eigenvalue weighted by atomic mass is 10.1. The summed E-state index contributed by atoms with van der Waals surface area (Å²) in [7, 11) is 1.66. The highest BCUT2D eigenvalue weighted by molar-refractivity contribution is 14.0. The van der Waals surface area contributed by atoms with E-state index in [2.05, 4.69) is 15.6 Å². The van der Waals surface area contributed by atoms with Gasteiger partial charge in [0.1, 0.15) is 11.6 Å². The number of methoxy groups -OCH3 is 1. The lowest BCUT2D eigenvalue weighted by molar-refractivity contribution is 0.275. The number of aliphatic hydroxyl groups excluding tert-OH is 1. The second-order valence-electron chi connectivity index (χ2n) is 5.95. The van der Waals surface area contributed by atoms with Crippen LogP contribution >= 0.6 is 24.0 Å². The highest BCUT2D eigenvalue weighted by Gasteiger charge is 2.06. The van der Waals surface area contributed by atoms with Gasteiger partial charge in [0.2, 0.25) is 0 Å². The molecule has 0 bridgehead atoms. The zero-order valence-electron chi connectivity index (χ0n) is 15.9. The van der Waals surface area contributed by atoms with E-state index >= 15 is 0 Å². The quantitative estimate of drug-likeness (QED) is 0.318. The third-order valence-corrected chi connectivity index (χ3v) is 3.93. The maximum atomic E-state index is 13.5. The molecule has 0 unspecified atom stereocenters. The molecule has 0 saturated heterocycles. The second-order valence-corrected chi connectivity index (χ2v) is 5.95. The van der Waals surface area contributed by atoms with Crippen molar-refractivity contribution in [3.8, 4) is 5.75 Å². The minimum Gasteiger partial charge on any atom is -0.496 e. The maximum Gasteiger partial charge on any atom is 0.191 e. The Labute approximate surface area is 177 Å². The van der Waals surface area contributed by atoms with Gasteiger partial charge in [0.15, 0.2) is 5.96 Å². The van der Waals surface area contributed by atoms with Crippen molar-refractivity contribution in [1.82, 2.24) is 10.6 Å². The predicted octanol–water partition coefficient (Wildman–Crippen LogP) is 3.51. The molecule has 0 heterocycles. The van der Waals surface area contributed by atoms with Crippen molar-refractivity contribution in [3.05, 3.63) is 64.5 Å². The topological polar surface area (TPSA) is 65.9 Å². The molecule has 2 rings (SSSR count). The van der Waals surface area contributed by atoms with Crippen LogP contribution in [0.4, 0.5) is 4.39 Å². The van der Waals surface area contributed by atoms with Gasteiger partial charge in [0, 0.05) is 24.2 Å². The third kappa shape index (κ3) is 6.99. The standard InChI is InChI=1S/C20H26FN3O2.HI/c1-4-22-20(23-11-15-6-8-18(21)17(10-15)13-25)24-12-16-7-5-14(2)9-19(16)26-3;/h5-10,25H,4,11-13H2,1-3H3,(H2,22,23,24);1H. The highest BCUT2D eigenvalue weighted by atomic mass is 127. The van der Waals surface area contributed by atoms with Gasteiger partial charge in [0.05, 0.1) is 20.3 Å². The molecule has 0 spiro atoms. The van der Waals surface area contributed by atoms with E-state index in [0.717, 1.165) is 29.0 Å². The lowest BCUT2D eigenvalue weighted by Gasteiger charge is -2.14. The lowest BCUT2D eigenvalue weighted by Crippen LogP contribution is -2.36. The van der Waals surface area contributed by atoms with Crippen molar-refractivity contribution in [1.29, 1.82) is 0 Å². The Morgan fingerprint density at radius 3 is 2.59 bits per heavy atom. The van der Waals surface area contributed by atoms with Crippen molar-refractivity contribution < 1.29 is 14.2 Å². The molecule has 3 N–H and O–H groups in total. The fourth-order valence-corrected chi connectivity index (χ4v) is 2.54. The smallest absolute Gasteiger partial charge is 0.191 e. The first-order valence-electron chi connectivity index (χ1n) is 8.61. The minimum atomic E-state index is -0.406. The Hall–Kier alpha value is -1.87. The van der Waals surface area contributed by atoms with Crippen LogP contribution in [-0.2, 0) is 19.7 Å². The average Bonchev–Trinajstić information content (AvgIpc) is 2.65. The van der Waals surface area contributed by atoms with Crippen LogP contribution in [0.5, 0.6) is 5.75 Å². The maximum absolute atomic E-state index is 13.5. The normalized spacial score (nSPS) is 10.9. The number of hydrogen-bond acceptors (Lipinski definition) is 3. The molecular weight excluding hydrogens is 460 g/mol. The van der Waals surface area contributed by atoms with Crippen LogP contribution in [0.25, 0.3) is 0 Å². The molecule has 0 atom stereocenters. The molecule has 2 aromatic rings. The molecular formula is C20H27FIN3O2. The summed E-state index contributed by atoms with van der Waals surface area (Å²) < 4.78 is 18.9. The average molecular weight is 487 g/mol. The fourth-order valence-electron chi connectivity index (χ4n) is 2.54. The number of benzene rings is 2. The highest BCUT2D eigenvalue weighted by Crippen LogP contribution is 2.19. The summed E-state index contributed by atoms with van der Waals surface area (Å²) in [5, 5.41) is 15.6. The van der Waals surface area contributed by atoms with Gasteiger partial charge in [-0.25, -0.2) is 9.38 Å². The van der Waals surface area contributed by atoms with E-state index in [-0.39, 0.29) is 36.1 Å². The number of halogens is 2. The number of nitrogens with zero attached hydrogens (tertiary/aromatic N) is 1. The SMILES string of the molecule is CCNC(=NCc1ccc(F)c(CO)c1)NCc1ccc(C)cc1OC.I. The van der Waals surface area contributed by atoms with Crippen LogP contribution in [0.15, 0.2) is 41.4 Å². The van der Waals surface area contributed by atoms with Crippen LogP contribution in [0.2, 0.25) is 0 Å². The van der Waals surface area contributed by atoms with Gasteiger partial charge in [-0.05, 0) is 43.2 Å². The molecule has 0 aliphatic carbocycles. The van der Waals surface area contributed by atoms with E-state index in [1.54, 1.807) is 19.2 Å². The molecule has 7 heteroatoms.